The van der Waals surface area contributed by atoms with Crippen LogP contribution in [0.2, 0.25) is 0 Å². The molecule has 0 atom stereocenters. The molecule has 1 aromatic carbocycles. The summed E-state index contributed by atoms with van der Waals surface area (Å²) in [4.78, 5) is 24.7. The molecule has 0 saturated heterocycles. The number of nitrogens with one attached hydrogen (secondary N) is 2. The van der Waals surface area contributed by atoms with Crippen LogP contribution in [0.4, 0.5) is 5.69 Å². The molecular formula is C19H24N2O2. The Bertz CT molecular complexity index is 617. The smallest absolute Gasteiger partial charge is 0.313 e. The van der Waals surface area contributed by atoms with Gasteiger partial charge in [-0.15, -0.1) is 0 Å². The van der Waals surface area contributed by atoms with Gasteiger partial charge in [0.1, 0.15) is 0 Å². The summed E-state index contributed by atoms with van der Waals surface area (Å²) in [5.41, 5.74) is 1.55. The van der Waals surface area contributed by atoms with Crippen molar-refractivity contribution in [2.45, 2.75) is 51.0 Å². The highest BCUT2D eigenvalue weighted by atomic mass is 16.2. The second-order valence-corrected chi connectivity index (χ2v) is 7.92. The number of carbonyl (C=O) groups excluding carboxylic acids is 2. The molecule has 4 bridgehead atoms. The van der Waals surface area contributed by atoms with E-state index in [1.807, 2.05) is 31.2 Å². The Balaban J connectivity index is 1.44. The summed E-state index contributed by atoms with van der Waals surface area (Å²) in [5, 5.41) is 5.85. The molecule has 2 N–H and O–H groups in total. The highest BCUT2D eigenvalue weighted by molar-refractivity contribution is 6.39. The Morgan fingerprint density at radius 2 is 1.52 bits per heavy atom. The Labute approximate surface area is 137 Å². The molecule has 0 heterocycles. The summed E-state index contributed by atoms with van der Waals surface area (Å²) >= 11 is 0. The Morgan fingerprint density at radius 3 is 2.09 bits per heavy atom. The zero-order valence-corrected chi connectivity index (χ0v) is 13.6. The lowest BCUT2D eigenvalue weighted by atomic mass is 9.53. The summed E-state index contributed by atoms with van der Waals surface area (Å²) in [6.07, 6.45) is 7.15. The van der Waals surface area contributed by atoms with Crippen LogP contribution in [0.15, 0.2) is 24.3 Å². The lowest BCUT2D eigenvalue weighted by Gasteiger charge is -2.56. The third kappa shape index (κ3) is 2.75. The maximum Gasteiger partial charge on any atom is 0.313 e. The molecule has 4 heteroatoms. The lowest BCUT2D eigenvalue weighted by Crippen LogP contribution is -2.61. The Kier molecular flexibility index (Phi) is 3.43. The Morgan fingerprint density at radius 1 is 0.957 bits per heavy atom. The molecule has 4 aliphatic rings. The minimum absolute atomic E-state index is 0.116. The first kappa shape index (κ1) is 14.7. The fraction of sp³-hybridized carbons (Fsp3) is 0.579. The molecule has 1 aromatic rings. The van der Waals surface area contributed by atoms with E-state index in [2.05, 4.69) is 10.6 Å². The van der Waals surface area contributed by atoms with Crippen molar-refractivity contribution in [3.63, 3.8) is 0 Å². The van der Waals surface area contributed by atoms with Gasteiger partial charge in [-0.05, 0) is 74.8 Å². The average molecular weight is 312 g/mol. The molecule has 0 spiro atoms. The number of aryl methyl sites for hydroxylation is 1. The van der Waals surface area contributed by atoms with E-state index in [1.54, 1.807) is 0 Å². The van der Waals surface area contributed by atoms with E-state index in [0.29, 0.717) is 5.69 Å². The van der Waals surface area contributed by atoms with Gasteiger partial charge in [0.15, 0.2) is 0 Å². The third-order valence-corrected chi connectivity index (χ3v) is 6.02. The van der Waals surface area contributed by atoms with E-state index in [9.17, 15) is 9.59 Å². The van der Waals surface area contributed by atoms with Crippen molar-refractivity contribution in [3.05, 3.63) is 29.8 Å². The summed E-state index contributed by atoms with van der Waals surface area (Å²) in [5.74, 6) is 1.23. The molecule has 4 saturated carbocycles. The standard InChI is InChI=1S/C19H24N2O2/c1-12-4-2-3-5-16(12)20-17(22)18(23)21-19-9-13-6-14(10-19)8-15(7-13)11-19/h2-5,13-15H,6-11H2,1H3,(H,20,22)(H,21,23). The Hall–Kier alpha value is -1.84. The number of hydrogen-bond acceptors (Lipinski definition) is 2. The van der Waals surface area contributed by atoms with Crippen LogP contribution in [0.3, 0.4) is 0 Å². The minimum Gasteiger partial charge on any atom is -0.342 e. The number of para-hydroxylation sites is 1. The maximum atomic E-state index is 12.4. The summed E-state index contributed by atoms with van der Waals surface area (Å²) in [7, 11) is 0. The first-order chi connectivity index (χ1) is 11.0. The van der Waals surface area contributed by atoms with Crippen molar-refractivity contribution in [1.82, 2.24) is 5.32 Å². The van der Waals surface area contributed by atoms with Crippen LogP contribution in [0.25, 0.3) is 0 Å². The monoisotopic (exact) mass is 312 g/mol. The normalized spacial score (nSPS) is 34.2. The van der Waals surface area contributed by atoms with Gasteiger partial charge < -0.3 is 10.6 Å². The fourth-order valence-electron chi connectivity index (χ4n) is 5.45. The van der Waals surface area contributed by atoms with Crippen molar-refractivity contribution < 1.29 is 9.59 Å². The molecule has 5 rings (SSSR count). The van der Waals surface area contributed by atoms with Crippen molar-refractivity contribution in [2.24, 2.45) is 17.8 Å². The summed E-state index contributed by atoms with van der Waals surface area (Å²) in [6.45, 7) is 1.92. The topological polar surface area (TPSA) is 58.2 Å². The van der Waals surface area contributed by atoms with E-state index < -0.39 is 11.8 Å². The van der Waals surface area contributed by atoms with Gasteiger partial charge in [-0.3, -0.25) is 9.59 Å². The summed E-state index contributed by atoms with van der Waals surface area (Å²) < 4.78 is 0. The molecule has 0 unspecified atom stereocenters. The van der Waals surface area contributed by atoms with Crippen LogP contribution in [0.1, 0.15) is 44.1 Å². The van der Waals surface area contributed by atoms with Crippen molar-refractivity contribution in [1.29, 1.82) is 0 Å². The first-order valence-corrected chi connectivity index (χ1v) is 8.72. The number of benzene rings is 1. The number of amides is 2. The molecule has 0 aliphatic heterocycles. The van der Waals surface area contributed by atoms with Gasteiger partial charge in [0.05, 0.1) is 0 Å². The van der Waals surface area contributed by atoms with Crippen LogP contribution in [-0.4, -0.2) is 17.4 Å². The molecule has 23 heavy (non-hydrogen) atoms. The van der Waals surface area contributed by atoms with Crippen LogP contribution < -0.4 is 10.6 Å². The fourth-order valence-corrected chi connectivity index (χ4v) is 5.45. The molecule has 0 aromatic heterocycles. The minimum atomic E-state index is -0.546. The average Bonchev–Trinajstić information content (AvgIpc) is 2.47. The molecule has 4 fully saturated rings. The number of carbonyl (C=O) groups is 2. The highest BCUT2D eigenvalue weighted by Crippen LogP contribution is 2.55. The van der Waals surface area contributed by atoms with Crippen LogP contribution >= 0.6 is 0 Å². The second kappa shape index (κ2) is 5.36. The zero-order valence-electron chi connectivity index (χ0n) is 13.6. The van der Waals surface area contributed by atoms with Gasteiger partial charge in [0.2, 0.25) is 0 Å². The molecule has 122 valence electrons. The van der Waals surface area contributed by atoms with Gasteiger partial charge in [0.25, 0.3) is 0 Å². The van der Waals surface area contributed by atoms with Gasteiger partial charge in [0, 0.05) is 11.2 Å². The van der Waals surface area contributed by atoms with Gasteiger partial charge in [-0.25, -0.2) is 0 Å². The number of anilines is 1. The van der Waals surface area contributed by atoms with Crippen molar-refractivity contribution in [3.8, 4) is 0 Å². The zero-order chi connectivity index (χ0) is 16.0. The number of rotatable bonds is 2. The van der Waals surface area contributed by atoms with Crippen LogP contribution in [0.5, 0.6) is 0 Å². The second-order valence-electron chi connectivity index (χ2n) is 7.92. The van der Waals surface area contributed by atoms with Gasteiger partial charge >= 0.3 is 11.8 Å². The predicted octanol–water partition coefficient (Wildman–Crippen LogP) is 3.02. The maximum absolute atomic E-state index is 12.4. The quantitative estimate of drug-likeness (QED) is 0.825. The molecule has 4 nitrogen and oxygen atoms in total. The van der Waals surface area contributed by atoms with Crippen LogP contribution in [-0.2, 0) is 9.59 Å². The van der Waals surface area contributed by atoms with Gasteiger partial charge in [-0.2, -0.15) is 0 Å². The van der Waals surface area contributed by atoms with E-state index >= 15 is 0 Å². The molecule has 0 radical (unpaired) electrons. The first-order valence-electron chi connectivity index (χ1n) is 8.72. The predicted molar refractivity (Wildman–Crippen MR) is 88.9 cm³/mol. The van der Waals surface area contributed by atoms with Crippen molar-refractivity contribution >= 4 is 17.5 Å². The van der Waals surface area contributed by atoms with Crippen molar-refractivity contribution in [2.75, 3.05) is 5.32 Å². The molecular weight excluding hydrogens is 288 g/mol. The number of hydrogen-bond donors (Lipinski definition) is 2. The SMILES string of the molecule is Cc1ccccc1NC(=O)C(=O)NC12CC3CC(CC(C3)C1)C2. The largest absolute Gasteiger partial charge is 0.342 e. The third-order valence-electron chi connectivity index (χ3n) is 6.02. The van der Waals surface area contributed by atoms with E-state index in [4.69, 9.17) is 0 Å². The highest BCUT2D eigenvalue weighted by Gasteiger charge is 2.51. The van der Waals surface area contributed by atoms with Gasteiger partial charge in [-0.1, -0.05) is 18.2 Å². The summed E-state index contributed by atoms with van der Waals surface area (Å²) in [6, 6.07) is 7.53. The lowest BCUT2D eigenvalue weighted by molar-refractivity contribution is -0.139. The van der Waals surface area contributed by atoms with E-state index in [0.717, 1.165) is 42.6 Å². The van der Waals surface area contributed by atoms with E-state index in [1.165, 1.54) is 19.3 Å². The van der Waals surface area contributed by atoms with E-state index in [-0.39, 0.29) is 5.54 Å². The molecule has 2 amide bonds. The van der Waals surface area contributed by atoms with Crippen LogP contribution in [0, 0.1) is 24.7 Å². The molecule has 4 aliphatic carbocycles.